The van der Waals surface area contributed by atoms with Crippen LogP contribution in [0, 0.1) is 5.92 Å². The lowest BCUT2D eigenvalue weighted by molar-refractivity contribution is -0.145. The molecule has 204 valence electrons. The maximum Gasteiger partial charge on any atom is 0.305 e. The van der Waals surface area contributed by atoms with E-state index >= 15 is 0 Å². The van der Waals surface area contributed by atoms with E-state index in [4.69, 9.17) is 4.74 Å². The fourth-order valence-electron chi connectivity index (χ4n) is 4.06. The number of hydrogen-bond acceptors (Lipinski definition) is 5. The number of ether oxygens (including phenoxy) is 1. The highest BCUT2D eigenvalue weighted by Gasteiger charge is 2.25. The highest BCUT2D eigenvalue weighted by Crippen LogP contribution is 2.18. The third-order valence-electron chi connectivity index (χ3n) is 6.13. The molecule has 0 unspecified atom stereocenters. The van der Waals surface area contributed by atoms with Gasteiger partial charge in [0.25, 0.3) is 0 Å². The Morgan fingerprint density at radius 2 is 1.61 bits per heavy atom. The average molecular weight is 521 g/mol. The van der Waals surface area contributed by atoms with Crippen LogP contribution in [0.15, 0.2) is 86.0 Å². The molecule has 3 atom stereocenters. The Balaban J connectivity index is 1.99. The van der Waals surface area contributed by atoms with Gasteiger partial charge in [-0.2, -0.15) is 0 Å². The molecule has 38 heavy (non-hydrogen) atoms. The van der Waals surface area contributed by atoms with E-state index < -0.39 is 18.0 Å². The Bertz CT molecular complexity index is 1010. The van der Waals surface area contributed by atoms with Gasteiger partial charge in [0.2, 0.25) is 11.8 Å². The molecule has 2 rings (SSSR count). The predicted molar refractivity (Wildman–Crippen MR) is 149 cm³/mol. The highest BCUT2D eigenvalue weighted by molar-refractivity contribution is 5.86. The second-order valence-corrected chi connectivity index (χ2v) is 9.25. The lowest BCUT2D eigenvalue weighted by Gasteiger charge is -2.23. The van der Waals surface area contributed by atoms with Crippen molar-refractivity contribution in [2.24, 2.45) is 5.92 Å². The SMILES string of the molecule is C=CCCCCC(=O)OC[C@H](NC(=O)[C@@H](CC=C)CC(=O)N[C@H](CO)Cc1ccccc1)c1ccccc1. The maximum absolute atomic E-state index is 13.2. The van der Waals surface area contributed by atoms with Crippen molar-refractivity contribution in [3.05, 3.63) is 97.1 Å². The minimum absolute atomic E-state index is 0.00723. The van der Waals surface area contributed by atoms with Crippen LogP contribution < -0.4 is 10.6 Å². The van der Waals surface area contributed by atoms with Crippen LogP contribution in [0.2, 0.25) is 0 Å². The van der Waals surface area contributed by atoms with Crippen molar-refractivity contribution < 1.29 is 24.2 Å². The molecular weight excluding hydrogens is 480 g/mol. The van der Waals surface area contributed by atoms with Crippen molar-refractivity contribution in [2.75, 3.05) is 13.2 Å². The molecule has 7 heteroatoms. The maximum atomic E-state index is 13.2. The molecule has 0 aliphatic rings. The minimum Gasteiger partial charge on any atom is -0.463 e. The first kappa shape index (κ1) is 30.5. The zero-order valence-electron chi connectivity index (χ0n) is 22.0. The quantitative estimate of drug-likeness (QED) is 0.153. The smallest absolute Gasteiger partial charge is 0.305 e. The summed E-state index contributed by atoms with van der Waals surface area (Å²) >= 11 is 0. The van der Waals surface area contributed by atoms with Gasteiger partial charge in [-0.1, -0.05) is 72.8 Å². The van der Waals surface area contributed by atoms with E-state index in [0.717, 1.165) is 24.0 Å². The molecule has 2 aromatic rings. The number of amides is 2. The third kappa shape index (κ3) is 11.6. The molecule has 3 N–H and O–H groups in total. The summed E-state index contributed by atoms with van der Waals surface area (Å²) in [5, 5.41) is 15.5. The number of allylic oxidation sites excluding steroid dienone is 2. The van der Waals surface area contributed by atoms with Crippen LogP contribution >= 0.6 is 0 Å². The Morgan fingerprint density at radius 1 is 0.921 bits per heavy atom. The Morgan fingerprint density at radius 3 is 2.24 bits per heavy atom. The fraction of sp³-hybridized carbons (Fsp3) is 0.387. The summed E-state index contributed by atoms with van der Waals surface area (Å²) in [4.78, 5) is 38.3. The van der Waals surface area contributed by atoms with E-state index in [-0.39, 0.29) is 37.4 Å². The van der Waals surface area contributed by atoms with Crippen LogP contribution in [-0.2, 0) is 25.5 Å². The molecule has 0 radical (unpaired) electrons. The van der Waals surface area contributed by atoms with Gasteiger partial charge in [0, 0.05) is 12.8 Å². The molecule has 0 spiro atoms. The van der Waals surface area contributed by atoms with Gasteiger partial charge < -0.3 is 20.5 Å². The Kier molecular flexibility index (Phi) is 14.2. The van der Waals surface area contributed by atoms with E-state index in [9.17, 15) is 19.5 Å². The van der Waals surface area contributed by atoms with Crippen molar-refractivity contribution in [1.29, 1.82) is 0 Å². The normalized spacial score (nSPS) is 13.0. The van der Waals surface area contributed by atoms with E-state index in [1.165, 1.54) is 0 Å². The molecule has 0 aliphatic heterocycles. The van der Waals surface area contributed by atoms with Crippen LogP contribution in [0.25, 0.3) is 0 Å². The fourth-order valence-corrected chi connectivity index (χ4v) is 4.06. The van der Waals surface area contributed by atoms with Crippen LogP contribution in [-0.4, -0.2) is 42.1 Å². The van der Waals surface area contributed by atoms with Crippen molar-refractivity contribution in [1.82, 2.24) is 10.6 Å². The summed E-state index contributed by atoms with van der Waals surface area (Å²) in [6.45, 7) is 7.19. The number of aliphatic hydroxyl groups excluding tert-OH is 1. The van der Waals surface area contributed by atoms with E-state index in [0.29, 0.717) is 25.7 Å². The molecule has 0 aliphatic carbocycles. The number of esters is 1. The molecule has 0 heterocycles. The first-order chi connectivity index (χ1) is 18.5. The molecule has 2 aromatic carbocycles. The zero-order chi connectivity index (χ0) is 27.6. The average Bonchev–Trinajstić information content (AvgIpc) is 2.93. The number of benzene rings is 2. The lowest BCUT2D eigenvalue weighted by atomic mass is 9.98. The van der Waals surface area contributed by atoms with Gasteiger partial charge in [-0.3, -0.25) is 14.4 Å². The lowest BCUT2D eigenvalue weighted by Crippen LogP contribution is -2.42. The molecule has 0 saturated carbocycles. The summed E-state index contributed by atoms with van der Waals surface area (Å²) in [6, 6.07) is 17.8. The summed E-state index contributed by atoms with van der Waals surface area (Å²) in [5.74, 6) is -1.65. The van der Waals surface area contributed by atoms with Crippen molar-refractivity contribution in [3.8, 4) is 0 Å². The Labute approximate surface area is 226 Å². The summed E-state index contributed by atoms with van der Waals surface area (Å²) in [6.07, 6.45) is 6.87. The van der Waals surface area contributed by atoms with Crippen LogP contribution in [0.3, 0.4) is 0 Å². The van der Waals surface area contributed by atoms with Gasteiger partial charge in [-0.05, 0) is 43.2 Å². The first-order valence-electron chi connectivity index (χ1n) is 13.1. The zero-order valence-corrected chi connectivity index (χ0v) is 22.0. The van der Waals surface area contributed by atoms with E-state index in [1.807, 2.05) is 66.7 Å². The third-order valence-corrected chi connectivity index (χ3v) is 6.13. The summed E-state index contributed by atoms with van der Waals surface area (Å²) < 4.78 is 5.48. The van der Waals surface area contributed by atoms with Gasteiger partial charge in [-0.15, -0.1) is 13.2 Å². The van der Waals surface area contributed by atoms with E-state index in [1.54, 1.807) is 6.08 Å². The summed E-state index contributed by atoms with van der Waals surface area (Å²) in [5.41, 5.74) is 1.79. The minimum atomic E-state index is -0.663. The second-order valence-electron chi connectivity index (χ2n) is 9.25. The van der Waals surface area contributed by atoms with Crippen molar-refractivity contribution in [2.45, 2.75) is 57.0 Å². The van der Waals surface area contributed by atoms with Crippen LogP contribution in [0.5, 0.6) is 0 Å². The molecule has 2 amide bonds. The van der Waals surface area contributed by atoms with Gasteiger partial charge in [-0.25, -0.2) is 0 Å². The number of carbonyl (C=O) groups is 3. The molecule has 0 saturated heterocycles. The number of rotatable bonds is 18. The highest BCUT2D eigenvalue weighted by atomic mass is 16.5. The number of carbonyl (C=O) groups excluding carboxylic acids is 3. The van der Waals surface area contributed by atoms with Gasteiger partial charge in [0.15, 0.2) is 0 Å². The molecule has 0 bridgehead atoms. The number of hydrogen-bond donors (Lipinski definition) is 3. The molecule has 7 nitrogen and oxygen atoms in total. The molecule has 0 fully saturated rings. The standard InChI is InChI=1S/C31H40N2O5/c1-3-5-6-13-19-30(36)38-23-28(25-17-11-8-12-18-25)33-31(37)26(14-4-2)21-29(35)32-27(22-34)20-24-15-9-7-10-16-24/h3-4,7-12,15-18,26-28,34H,1-2,5-6,13-14,19-23H2,(H,32,35)(H,33,37)/t26-,27-,28-/m0/s1. The van der Waals surface area contributed by atoms with Crippen LogP contribution in [0.4, 0.5) is 0 Å². The Hall–Kier alpha value is -3.71. The number of unbranched alkanes of at least 4 members (excludes halogenated alkanes) is 2. The number of nitrogens with one attached hydrogen (secondary N) is 2. The second kappa shape index (κ2) is 17.7. The van der Waals surface area contributed by atoms with Gasteiger partial charge >= 0.3 is 5.97 Å². The molecule has 0 aromatic heterocycles. The van der Waals surface area contributed by atoms with Crippen LogP contribution in [0.1, 0.15) is 55.7 Å². The van der Waals surface area contributed by atoms with Crippen molar-refractivity contribution in [3.63, 3.8) is 0 Å². The number of aliphatic hydroxyl groups is 1. The van der Waals surface area contributed by atoms with E-state index in [2.05, 4.69) is 23.8 Å². The van der Waals surface area contributed by atoms with Gasteiger partial charge in [0.05, 0.1) is 24.6 Å². The topological polar surface area (TPSA) is 105 Å². The largest absolute Gasteiger partial charge is 0.463 e. The molecular formula is C31H40N2O5. The first-order valence-corrected chi connectivity index (χ1v) is 13.1. The van der Waals surface area contributed by atoms with Gasteiger partial charge in [0.1, 0.15) is 6.61 Å². The predicted octanol–water partition coefficient (Wildman–Crippen LogP) is 4.44. The monoisotopic (exact) mass is 520 g/mol. The van der Waals surface area contributed by atoms with Crippen molar-refractivity contribution >= 4 is 17.8 Å². The summed E-state index contributed by atoms with van der Waals surface area (Å²) in [7, 11) is 0.